The molecule has 2 N–H and O–H groups in total. The summed E-state index contributed by atoms with van der Waals surface area (Å²) < 4.78 is 0. The Bertz CT molecular complexity index is 473. The molecule has 0 radical (unpaired) electrons. The van der Waals surface area contributed by atoms with Crippen LogP contribution in [-0.4, -0.2) is 23.4 Å². The van der Waals surface area contributed by atoms with Crippen LogP contribution in [0.25, 0.3) is 0 Å². The van der Waals surface area contributed by atoms with Crippen LogP contribution < -0.4 is 10.6 Å². The molecule has 1 aliphatic heterocycles. The minimum atomic E-state index is -0.403. The highest BCUT2D eigenvalue weighted by atomic mass is 16.6. The summed E-state index contributed by atoms with van der Waals surface area (Å²) in [6, 6.07) is 4.92. The predicted molar refractivity (Wildman–Crippen MR) is 62.9 cm³/mol. The molecular weight excluding hydrogens is 222 g/mol. The van der Waals surface area contributed by atoms with Crippen molar-refractivity contribution in [2.45, 2.75) is 19.4 Å². The van der Waals surface area contributed by atoms with Crippen LogP contribution in [0.5, 0.6) is 0 Å². The third-order valence-electron chi connectivity index (χ3n) is 2.74. The van der Waals surface area contributed by atoms with Gasteiger partial charge in [-0.15, -0.1) is 0 Å². The molecule has 0 aliphatic carbocycles. The fourth-order valence-corrected chi connectivity index (χ4v) is 1.89. The number of nitrogens with zero attached hydrogens (tertiary/aromatic N) is 1. The number of hydrogen-bond donors (Lipinski definition) is 2. The number of benzene rings is 1. The SMILES string of the molecule is Cc1cc(NC2CNC(=O)C2)ccc1[N+](=O)[O-]. The second-order valence-corrected chi connectivity index (χ2v) is 4.11. The number of rotatable bonds is 3. The standard InChI is InChI=1S/C11H13N3O3/c1-7-4-8(2-3-10(7)14(16)17)13-9-5-11(15)12-6-9/h2-4,9,13H,5-6H2,1H3,(H,12,15). The van der Waals surface area contributed by atoms with E-state index in [9.17, 15) is 14.9 Å². The van der Waals surface area contributed by atoms with E-state index in [-0.39, 0.29) is 17.6 Å². The highest BCUT2D eigenvalue weighted by Crippen LogP contribution is 2.22. The van der Waals surface area contributed by atoms with Crippen LogP contribution in [0.2, 0.25) is 0 Å². The van der Waals surface area contributed by atoms with Gasteiger partial charge in [0.15, 0.2) is 0 Å². The number of nitro benzene ring substituents is 1. The van der Waals surface area contributed by atoms with Crippen molar-refractivity contribution in [3.63, 3.8) is 0 Å². The van der Waals surface area contributed by atoms with Crippen molar-refractivity contribution in [1.82, 2.24) is 5.32 Å². The molecule has 6 heteroatoms. The van der Waals surface area contributed by atoms with Crippen LogP contribution in [0.3, 0.4) is 0 Å². The van der Waals surface area contributed by atoms with Gasteiger partial charge in [-0.1, -0.05) is 0 Å². The number of aryl methyl sites for hydroxylation is 1. The number of hydrogen-bond acceptors (Lipinski definition) is 4. The van der Waals surface area contributed by atoms with Gasteiger partial charge in [0.25, 0.3) is 5.69 Å². The quantitative estimate of drug-likeness (QED) is 0.609. The summed E-state index contributed by atoms with van der Waals surface area (Å²) in [6.07, 6.45) is 0.441. The predicted octanol–water partition coefficient (Wildman–Crippen LogP) is 1.20. The van der Waals surface area contributed by atoms with E-state index in [4.69, 9.17) is 0 Å². The third kappa shape index (κ3) is 2.52. The van der Waals surface area contributed by atoms with E-state index in [0.29, 0.717) is 18.5 Å². The second-order valence-electron chi connectivity index (χ2n) is 4.11. The molecule has 1 aromatic carbocycles. The number of nitrogens with one attached hydrogen (secondary N) is 2. The summed E-state index contributed by atoms with van der Waals surface area (Å²) in [5.41, 5.74) is 1.52. The first kappa shape index (κ1) is 11.4. The van der Waals surface area contributed by atoms with E-state index in [1.165, 1.54) is 6.07 Å². The van der Waals surface area contributed by atoms with Crippen molar-refractivity contribution in [2.24, 2.45) is 0 Å². The van der Waals surface area contributed by atoms with Crippen LogP contribution in [0.15, 0.2) is 18.2 Å². The van der Waals surface area contributed by atoms with Crippen LogP contribution in [0, 0.1) is 17.0 Å². The molecule has 90 valence electrons. The summed E-state index contributed by atoms with van der Waals surface area (Å²) in [5.74, 6) is 0.0288. The highest BCUT2D eigenvalue weighted by Gasteiger charge is 2.21. The van der Waals surface area contributed by atoms with Crippen molar-refractivity contribution in [3.8, 4) is 0 Å². The van der Waals surface area contributed by atoms with Crippen LogP contribution in [-0.2, 0) is 4.79 Å². The van der Waals surface area contributed by atoms with Gasteiger partial charge in [-0.25, -0.2) is 0 Å². The number of amides is 1. The molecule has 2 rings (SSSR count). The van der Waals surface area contributed by atoms with E-state index < -0.39 is 4.92 Å². The van der Waals surface area contributed by atoms with Gasteiger partial charge in [0.2, 0.25) is 5.91 Å². The van der Waals surface area contributed by atoms with Gasteiger partial charge in [-0.2, -0.15) is 0 Å². The van der Waals surface area contributed by atoms with Crippen molar-refractivity contribution in [1.29, 1.82) is 0 Å². The zero-order chi connectivity index (χ0) is 12.4. The van der Waals surface area contributed by atoms with E-state index in [2.05, 4.69) is 10.6 Å². The molecule has 1 aromatic rings. The zero-order valence-corrected chi connectivity index (χ0v) is 9.40. The van der Waals surface area contributed by atoms with Gasteiger partial charge >= 0.3 is 0 Å². The molecule has 1 unspecified atom stereocenters. The lowest BCUT2D eigenvalue weighted by Crippen LogP contribution is -2.22. The van der Waals surface area contributed by atoms with E-state index >= 15 is 0 Å². The number of anilines is 1. The maximum atomic E-state index is 11.0. The highest BCUT2D eigenvalue weighted by molar-refractivity contribution is 5.79. The van der Waals surface area contributed by atoms with Gasteiger partial charge < -0.3 is 10.6 Å². The summed E-state index contributed by atoms with van der Waals surface area (Å²) in [6.45, 7) is 2.29. The van der Waals surface area contributed by atoms with Crippen molar-refractivity contribution < 1.29 is 9.72 Å². The number of carbonyl (C=O) groups is 1. The Labute approximate surface area is 98.2 Å². The molecule has 1 atom stereocenters. The lowest BCUT2D eigenvalue weighted by Gasteiger charge is -2.12. The van der Waals surface area contributed by atoms with Gasteiger partial charge in [-0.3, -0.25) is 14.9 Å². The second kappa shape index (κ2) is 4.40. The van der Waals surface area contributed by atoms with Crippen LogP contribution in [0.4, 0.5) is 11.4 Å². The topological polar surface area (TPSA) is 84.3 Å². The summed E-state index contributed by atoms with van der Waals surface area (Å²) >= 11 is 0. The minimum absolute atomic E-state index is 0.0288. The molecule has 1 amide bonds. The lowest BCUT2D eigenvalue weighted by atomic mass is 10.1. The smallest absolute Gasteiger partial charge is 0.272 e. The first-order valence-electron chi connectivity index (χ1n) is 5.34. The minimum Gasteiger partial charge on any atom is -0.380 e. The van der Waals surface area contributed by atoms with E-state index in [1.54, 1.807) is 19.1 Å². The molecule has 1 saturated heterocycles. The first-order chi connectivity index (χ1) is 8.06. The Hall–Kier alpha value is -2.11. The molecule has 6 nitrogen and oxygen atoms in total. The molecule has 1 heterocycles. The van der Waals surface area contributed by atoms with Crippen LogP contribution in [0.1, 0.15) is 12.0 Å². The molecular formula is C11H13N3O3. The Morgan fingerprint density at radius 3 is 2.82 bits per heavy atom. The number of carbonyl (C=O) groups excluding carboxylic acids is 1. The number of nitro groups is 1. The van der Waals surface area contributed by atoms with E-state index in [1.807, 2.05) is 0 Å². The fourth-order valence-electron chi connectivity index (χ4n) is 1.89. The Balaban J connectivity index is 2.10. The molecule has 17 heavy (non-hydrogen) atoms. The van der Waals surface area contributed by atoms with Gasteiger partial charge in [0, 0.05) is 30.3 Å². The summed E-state index contributed by atoms with van der Waals surface area (Å²) in [4.78, 5) is 21.3. The fraction of sp³-hybridized carbons (Fsp3) is 0.364. The third-order valence-corrected chi connectivity index (χ3v) is 2.74. The van der Waals surface area contributed by atoms with Crippen molar-refractivity contribution in [3.05, 3.63) is 33.9 Å². The van der Waals surface area contributed by atoms with Gasteiger partial charge in [0.1, 0.15) is 0 Å². The summed E-state index contributed by atoms with van der Waals surface area (Å²) in [7, 11) is 0. The Kier molecular flexibility index (Phi) is 2.95. The average molecular weight is 235 g/mol. The van der Waals surface area contributed by atoms with Crippen LogP contribution >= 0.6 is 0 Å². The lowest BCUT2D eigenvalue weighted by molar-refractivity contribution is -0.385. The van der Waals surface area contributed by atoms with Gasteiger partial charge in [-0.05, 0) is 19.1 Å². The van der Waals surface area contributed by atoms with Crippen molar-refractivity contribution >= 4 is 17.3 Å². The maximum Gasteiger partial charge on any atom is 0.272 e. The molecule has 0 spiro atoms. The largest absolute Gasteiger partial charge is 0.380 e. The zero-order valence-electron chi connectivity index (χ0n) is 9.40. The normalized spacial score (nSPS) is 18.9. The van der Waals surface area contributed by atoms with Gasteiger partial charge in [0.05, 0.1) is 11.0 Å². The molecule has 0 saturated carbocycles. The monoisotopic (exact) mass is 235 g/mol. The molecule has 0 aromatic heterocycles. The first-order valence-corrected chi connectivity index (χ1v) is 5.34. The molecule has 1 aliphatic rings. The van der Waals surface area contributed by atoms with Crippen molar-refractivity contribution in [2.75, 3.05) is 11.9 Å². The average Bonchev–Trinajstić information content (AvgIpc) is 2.63. The summed E-state index contributed by atoms with van der Waals surface area (Å²) in [5, 5.41) is 16.5. The Morgan fingerprint density at radius 1 is 1.53 bits per heavy atom. The molecule has 1 fully saturated rings. The maximum absolute atomic E-state index is 11.0. The Morgan fingerprint density at radius 2 is 2.29 bits per heavy atom. The molecule has 0 bridgehead atoms. The van der Waals surface area contributed by atoms with E-state index in [0.717, 1.165) is 5.69 Å².